The fourth-order valence-corrected chi connectivity index (χ4v) is 2.21. The second-order valence-corrected chi connectivity index (χ2v) is 5.01. The van der Waals surface area contributed by atoms with E-state index in [1.165, 1.54) is 18.4 Å². The molecule has 1 fully saturated rings. The van der Waals surface area contributed by atoms with Crippen molar-refractivity contribution in [3.8, 4) is 5.75 Å². The van der Waals surface area contributed by atoms with E-state index >= 15 is 0 Å². The van der Waals surface area contributed by atoms with E-state index in [-0.39, 0.29) is 6.04 Å². The van der Waals surface area contributed by atoms with Crippen LogP contribution < -0.4 is 10.1 Å². The third kappa shape index (κ3) is 3.14. The second kappa shape index (κ2) is 6.01. The highest BCUT2D eigenvalue weighted by Crippen LogP contribution is 2.29. The molecule has 20 heavy (non-hydrogen) atoms. The van der Waals surface area contributed by atoms with Crippen LogP contribution in [0.2, 0.25) is 0 Å². The van der Waals surface area contributed by atoms with Crippen molar-refractivity contribution >= 4 is 0 Å². The highest BCUT2D eigenvalue weighted by molar-refractivity contribution is 5.34. The number of hydrogen-bond acceptors (Lipinski definition) is 4. The number of nitrogens with zero attached hydrogens (tertiary/aromatic N) is 2. The molecular weight excluding hydrogens is 250 g/mol. The zero-order valence-corrected chi connectivity index (χ0v) is 11.6. The van der Waals surface area contributed by atoms with Crippen LogP contribution in [0.15, 0.2) is 42.9 Å². The van der Waals surface area contributed by atoms with Gasteiger partial charge in [0.25, 0.3) is 0 Å². The minimum Gasteiger partial charge on any atom is -0.490 e. The van der Waals surface area contributed by atoms with Crippen molar-refractivity contribution < 1.29 is 4.74 Å². The standard InChI is InChI=1S/C16H19N3O/c1-2-18-16(15-8-9-17-11-19-15)12-4-3-5-14(10-12)20-13-6-7-13/h3-5,8-11,13,16,18H,2,6-7H2,1H3. The molecule has 104 valence electrons. The SMILES string of the molecule is CCNC(c1cccc(OC2CC2)c1)c1ccncn1. The Kier molecular flexibility index (Phi) is 3.92. The Morgan fingerprint density at radius 2 is 2.25 bits per heavy atom. The lowest BCUT2D eigenvalue weighted by Crippen LogP contribution is -2.23. The lowest BCUT2D eigenvalue weighted by Gasteiger charge is -2.18. The smallest absolute Gasteiger partial charge is 0.120 e. The van der Waals surface area contributed by atoms with E-state index in [4.69, 9.17) is 4.74 Å². The molecule has 1 aromatic heterocycles. The van der Waals surface area contributed by atoms with Crippen LogP contribution in [-0.2, 0) is 0 Å². The summed E-state index contributed by atoms with van der Waals surface area (Å²) in [6, 6.07) is 10.3. The lowest BCUT2D eigenvalue weighted by molar-refractivity contribution is 0.302. The van der Waals surface area contributed by atoms with E-state index in [1.54, 1.807) is 12.5 Å². The molecular formula is C16H19N3O. The van der Waals surface area contributed by atoms with Crippen molar-refractivity contribution in [2.75, 3.05) is 6.54 Å². The average molecular weight is 269 g/mol. The molecule has 4 heteroatoms. The Morgan fingerprint density at radius 1 is 1.35 bits per heavy atom. The molecule has 1 saturated carbocycles. The summed E-state index contributed by atoms with van der Waals surface area (Å²) in [6.07, 6.45) is 6.13. The predicted molar refractivity (Wildman–Crippen MR) is 77.6 cm³/mol. The first-order valence-corrected chi connectivity index (χ1v) is 7.12. The number of hydrogen-bond donors (Lipinski definition) is 1. The summed E-state index contributed by atoms with van der Waals surface area (Å²) in [5, 5.41) is 3.47. The molecule has 3 rings (SSSR count). The van der Waals surface area contributed by atoms with Gasteiger partial charge < -0.3 is 10.1 Å². The van der Waals surface area contributed by atoms with Crippen molar-refractivity contribution in [2.24, 2.45) is 0 Å². The molecule has 1 aromatic carbocycles. The molecule has 1 heterocycles. The molecule has 0 bridgehead atoms. The summed E-state index contributed by atoms with van der Waals surface area (Å²) in [5.41, 5.74) is 2.15. The Morgan fingerprint density at radius 3 is 2.95 bits per heavy atom. The monoisotopic (exact) mass is 269 g/mol. The van der Waals surface area contributed by atoms with E-state index in [0.717, 1.165) is 18.0 Å². The van der Waals surface area contributed by atoms with Gasteiger partial charge in [-0.1, -0.05) is 19.1 Å². The molecule has 1 aliphatic rings. The number of ether oxygens (including phenoxy) is 1. The number of aromatic nitrogens is 2. The normalized spacial score (nSPS) is 15.8. The van der Waals surface area contributed by atoms with Gasteiger partial charge in [-0.2, -0.15) is 0 Å². The third-order valence-corrected chi connectivity index (χ3v) is 3.33. The van der Waals surface area contributed by atoms with Gasteiger partial charge in [-0.15, -0.1) is 0 Å². The van der Waals surface area contributed by atoms with Crippen molar-refractivity contribution in [2.45, 2.75) is 31.9 Å². The maximum atomic E-state index is 5.87. The van der Waals surface area contributed by atoms with E-state index in [9.17, 15) is 0 Å². The van der Waals surface area contributed by atoms with Gasteiger partial charge in [0.1, 0.15) is 12.1 Å². The van der Waals surface area contributed by atoms with E-state index in [1.807, 2.05) is 18.2 Å². The number of rotatable bonds is 6. The van der Waals surface area contributed by atoms with Crippen LogP contribution in [0.1, 0.15) is 37.1 Å². The average Bonchev–Trinajstić information content (AvgIpc) is 3.30. The van der Waals surface area contributed by atoms with Gasteiger partial charge >= 0.3 is 0 Å². The van der Waals surface area contributed by atoms with Crippen LogP contribution in [0.4, 0.5) is 0 Å². The molecule has 0 spiro atoms. The molecule has 0 radical (unpaired) electrons. The van der Waals surface area contributed by atoms with Crippen LogP contribution in [0.5, 0.6) is 5.75 Å². The molecule has 0 amide bonds. The summed E-state index contributed by atoms with van der Waals surface area (Å²) in [7, 11) is 0. The van der Waals surface area contributed by atoms with Crippen LogP contribution in [0, 0.1) is 0 Å². The van der Waals surface area contributed by atoms with Gasteiger partial charge in [0.05, 0.1) is 17.8 Å². The predicted octanol–water partition coefficient (Wildman–Crippen LogP) is 2.72. The zero-order chi connectivity index (χ0) is 13.8. The minimum absolute atomic E-state index is 0.0748. The highest BCUT2D eigenvalue weighted by atomic mass is 16.5. The first-order valence-electron chi connectivity index (χ1n) is 7.12. The van der Waals surface area contributed by atoms with Gasteiger partial charge in [0.15, 0.2) is 0 Å². The summed E-state index contributed by atoms with van der Waals surface area (Å²) in [5.74, 6) is 0.946. The van der Waals surface area contributed by atoms with Gasteiger partial charge in [0, 0.05) is 6.20 Å². The maximum Gasteiger partial charge on any atom is 0.120 e. The fraction of sp³-hybridized carbons (Fsp3) is 0.375. The third-order valence-electron chi connectivity index (χ3n) is 3.33. The van der Waals surface area contributed by atoms with E-state index in [0.29, 0.717) is 6.10 Å². The van der Waals surface area contributed by atoms with Crippen LogP contribution in [0.25, 0.3) is 0 Å². The zero-order valence-electron chi connectivity index (χ0n) is 11.6. The van der Waals surface area contributed by atoms with Crippen molar-refractivity contribution in [1.29, 1.82) is 0 Å². The number of benzene rings is 1. The summed E-state index contributed by atoms with van der Waals surface area (Å²) in [4.78, 5) is 8.35. The summed E-state index contributed by atoms with van der Waals surface area (Å²) >= 11 is 0. The van der Waals surface area contributed by atoms with E-state index < -0.39 is 0 Å². The Hall–Kier alpha value is -1.94. The maximum absolute atomic E-state index is 5.87. The topological polar surface area (TPSA) is 47.0 Å². The van der Waals surface area contributed by atoms with Crippen LogP contribution >= 0.6 is 0 Å². The van der Waals surface area contributed by atoms with Gasteiger partial charge in [-0.25, -0.2) is 9.97 Å². The second-order valence-electron chi connectivity index (χ2n) is 5.01. The van der Waals surface area contributed by atoms with Crippen LogP contribution in [0.3, 0.4) is 0 Å². The first kappa shape index (κ1) is 13.1. The minimum atomic E-state index is 0.0748. The molecule has 1 atom stereocenters. The highest BCUT2D eigenvalue weighted by Gasteiger charge is 2.24. The van der Waals surface area contributed by atoms with Gasteiger partial charge in [-0.05, 0) is 43.1 Å². The largest absolute Gasteiger partial charge is 0.490 e. The lowest BCUT2D eigenvalue weighted by atomic mass is 10.0. The van der Waals surface area contributed by atoms with Crippen molar-refractivity contribution in [1.82, 2.24) is 15.3 Å². The molecule has 0 saturated heterocycles. The molecule has 1 N–H and O–H groups in total. The van der Waals surface area contributed by atoms with E-state index in [2.05, 4.69) is 34.3 Å². The first-order chi connectivity index (χ1) is 9.86. The Balaban J connectivity index is 1.86. The van der Waals surface area contributed by atoms with Gasteiger partial charge in [0.2, 0.25) is 0 Å². The summed E-state index contributed by atoms with van der Waals surface area (Å²) < 4.78 is 5.87. The fourth-order valence-electron chi connectivity index (χ4n) is 2.21. The molecule has 1 unspecified atom stereocenters. The van der Waals surface area contributed by atoms with Crippen LogP contribution in [-0.4, -0.2) is 22.6 Å². The Bertz CT molecular complexity index is 555. The van der Waals surface area contributed by atoms with Gasteiger partial charge in [-0.3, -0.25) is 0 Å². The van der Waals surface area contributed by atoms with Crippen molar-refractivity contribution in [3.05, 3.63) is 54.1 Å². The Labute approximate surface area is 119 Å². The van der Waals surface area contributed by atoms with Crippen molar-refractivity contribution in [3.63, 3.8) is 0 Å². The summed E-state index contributed by atoms with van der Waals surface area (Å²) in [6.45, 7) is 2.97. The molecule has 0 aliphatic heterocycles. The molecule has 4 nitrogen and oxygen atoms in total. The number of nitrogens with one attached hydrogen (secondary N) is 1. The molecule has 1 aliphatic carbocycles. The quantitative estimate of drug-likeness (QED) is 0.876. The molecule has 2 aromatic rings.